The Morgan fingerprint density at radius 2 is 1.01 bits per heavy atom. The zero-order valence-corrected chi connectivity index (χ0v) is 69.9. The molecule has 0 aliphatic carbocycles. The first-order chi connectivity index (χ1) is 57.4. The molecule has 656 valence electrons. The highest BCUT2D eigenvalue weighted by Gasteiger charge is 2.48. The van der Waals surface area contributed by atoms with Gasteiger partial charge in [-0.15, -0.1) is 0 Å². The molecule has 0 radical (unpaired) electrons. The molecule has 21 N–H and O–H groups in total. The topological polar surface area (TPSA) is 600 Å². The van der Waals surface area contributed by atoms with E-state index in [-0.39, 0.29) is 76.3 Å². The number of H-pyrrole nitrogens is 3. The molecule has 15 amide bonds. The maximum absolute atomic E-state index is 15.5. The maximum atomic E-state index is 15.5. The number of aromatic nitrogens is 4. The van der Waals surface area contributed by atoms with Crippen molar-refractivity contribution in [3.8, 4) is 0 Å². The van der Waals surface area contributed by atoms with Crippen LogP contribution in [0.15, 0.2) is 73.4 Å². The summed E-state index contributed by atoms with van der Waals surface area (Å²) >= 11 is 0. The van der Waals surface area contributed by atoms with Crippen LogP contribution in [0.3, 0.4) is 0 Å². The number of carbonyl (C=O) groups excluding carboxylic acids is 15. The third-order valence-electron chi connectivity index (χ3n) is 21.1. The zero-order valence-electron chi connectivity index (χ0n) is 68.2. The van der Waals surface area contributed by atoms with Crippen molar-refractivity contribution in [3.63, 3.8) is 0 Å². The number of fused-ring (bicyclic) bond motifs is 9. The van der Waals surface area contributed by atoms with Crippen LogP contribution in [-0.2, 0) is 101 Å². The summed E-state index contributed by atoms with van der Waals surface area (Å²) in [5.74, 6) is -20.8. The summed E-state index contributed by atoms with van der Waals surface area (Å²) in [5, 5.41) is 66.5. The van der Waals surface area contributed by atoms with Crippen LogP contribution in [0.2, 0.25) is 0 Å². The summed E-state index contributed by atoms with van der Waals surface area (Å²) in [6.07, 6.45) is 0.705. The van der Waals surface area contributed by atoms with Gasteiger partial charge in [-0.2, -0.15) is 0 Å². The molecule has 7 heterocycles. The Kier molecular flexibility index (Phi) is 33.1. The molecule has 9 rings (SSSR count). The second-order valence-corrected chi connectivity index (χ2v) is 34.5. The van der Waals surface area contributed by atoms with Crippen LogP contribution in [0.4, 0.5) is 0 Å². The first-order valence-corrected chi connectivity index (χ1v) is 42.6. The van der Waals surface area contributed by atoms with E-state index in [4.69, 9.17) is 5.73 Å². The fraction of sp³-hybridized carbons (Fsp3) is 0.544. The van der Waals surface area contributed by atoms with Crippen LogP contribution in [0.5, 0.6) is 0 Å². The van der Waals surface area contributed by atoms with Crippen LogP contribution in [-0.4, -0.2) is 273 Å². The van der Waals surface area contributed by atoms with Crippen molar-refractivity contribution in [2.75, 3.05) is 31.1 Å². The van der Waals surface area contributed by atoms with Gasteiger partial charge in [0.1, 0.15) is 84.6 Å². The number of aliphatic hydroxyl groups is 1. The van der Waals surface area contributed by atoms with E-state index in [1.807, 2.05) is 0 Å². The fourth-order valence-electron chi connectivity index (χ4n) is 14.8. The van der Waals surface area contributed by atoms with Gasteiger partial charge in [-0.05, 0) is 93.4 Å². The van der Waals surface area contributed by atoms with Crippen molar-refractivity contribution in [1.29, 1.82) is 0 Å². The second kappa shape index (κ2) is 43.0. The lowest BCUT2D eigenvalue weighted by atomic mass is 9.98. The molecule has 16 atom stereocenters. The Labute approximate surface area is 703 Å². The van der Waals surface area contributed by atoms with E-state index < -0.39 is 241 Å². The number of aromatic amines is 3. The molecule has 5 aromatic rings. The molecule has 4 fully saturated rings. The zero-order chi connectivity index (χ0) is 88.2. The van der Waals surface area contributed by atoms with E-state index in [0.717, 1.165) is 31.4 Å². The van der Waals surface area contributed by atoms with Crippen molar-refractivity contribution in [2.24, 2.45) is 23.5 Å². The SMILES string of the molecule is CC(C)C[C@@H]1NC(=O)[C@H](Cc2cnc[nH]2)NC(=O)[C@H](Cc2c[nH]c3ccccc23)NC(=O)[C@H](C)NC(=O)[C@@H]2CSSC[C@H](NC(=O)[C@@H](Cc3c[nH]c4ccccc34)NC(=O)[C@H](C(C)C)NC(=O)[C@H](CC(C)C)NC(=O)[C@H](CCC(=O)O)NC(=O)CNC1=O)C(=O)N[C@@H]([C@@H](C)O)C(=O)N1CCC[C@@H]1C(=O)N1C[C@@H](N)C[C@H]1C(=O)N[C@@H](CC(=O)O)C(=O)N2. The number of nitrogens with two attached hydrogens (primary N) is 1. The number of hydrogen-bond donors (Lipinski definition) is 20. The number of hydrogen-bond acceptors (Lipinski definition) is 22. The number of imidazole rings is 1. The monoisotopic (exact) mass is 1720 g/mol. The summed E-state index contributed by atoms with van der Waals surface area (Å²) in [5.41, 5.74) is 8.89. The first-order valence-electron chi connectivity index (χ1n) is 40.1. The van der Waals surface area contributed by atoms with Crippen molar-refractivity contribution in [2.45, 2.75) is 223 Å². The number of nitrogens with one attached hydrogen (secondary N) is 16. The lowest BCUT2D eigenvalue weighted by Crippen LogP contribution is -2.63. The van der Waals surface area contributed by atoms with Crippen LogP contribution >= 0.6 is 21.6 Å². The lowest BCUT2D eigenvalue weighted by molar-refractivity contribution is -0.149. The molecule has 3 aromatic heterocycles. The van der Waals surface area contributed by atoms with Gasteiger partial charge in [-0.25, -0.2) is 4.98 Å². The highest BCUT2D eigenvalue weighted by atomic mass is 33.1. The van der Waals surface area contributed by atoms with Crippen LogP contribution in [0, 0.1) is 17.8 Å². The van der Waals surface area contributed by atoms with Gasteiger partial charge < -0.3 is 115 Å². The number of aliphatic carboxylic acids is 2. The number of carboxylic acids is 2. The number of carboxylic acid groups (broad SMARTS) is 2. The van der Waals surface area contributed by atoms with E-state index in [2.05, 4.69) is 89.1 Å². The standard InChI is InChI=1S/C79H108N20O20S2/c1-37(2)22-51-67(107)84-32-61(101)87-50(19-20-62(102)103)68(108)90-52(23-38(3)4)73(113)96-64(39(5)6)77(117)93-54(25-43-30-83-49-17-12-10-15-47(43)49)70(110)95-58-35-121-120-34-57(74(114)86-40(7)66(106)88-53(24-42-29-82-48-16-11-9-14-46(42)48)69(109)91-55(71(111)89-51)27-45-31-81-36-85-45)94-72(112)56(28-63(104)105)92-76(116)60-26-44(80)33-99(60)78(118)59-18-13-21-98(59)79(119)65(41(8)100)97-75(58)115/h9-12,14-17,29-31,36-41,44,50-60,64-65,82-83,100H,13,18-28,32-35,80H2,1-8H3,(H,81,85)(H,84,107)(H,86,114)(H,87,101)(H,88,106)(H,89,111)(H,90,108)(H,91,109)(H,92,116)(H,93,117)(H,94,112)(H,95,110)(H,96,113)(H,97,115)(H,102,103)(H,104,105)/t40-,41+,44-,50-,51-,52-,53-,54+,55-,56-,57-,58-,59+,60-,64-,65-/m0/s1. The average Bonchev–Trinajstić information content (AvgIpc) is 1.66. The lowest BCUT2D eigenvalue weighted by Gasteiger charge is -2.34. The Hall–Kier alpha value is -11.7. The van der Waals surface area contributed by atoms with Crippen molar-refractivity contribution >= 4 is 144 Å². The van der Waals surface area contributed by atoms with Gasteiger partial charge in [-0.3, -0.25) is 81.5 Å². The molecule has 2 aromatic carbocycles. The smallest absolute Gasteiger partial charge is 0.305 e. The second-order valence-electron chi connectivity index (χ2n) is 32.0. The van der Waals surface area contributed by atoms with Gasteiger partial charge in [0.25, 0.3) is 0 Å². The van der Waals surface area contributed by atoms with Gasteiger partial charge in [-0.1, -0.05) is 99.5 Å². The summed E-state index contributed by atoms with van der Waals surface area (Å²) in [6.45, 7) is 11.2. The largest absolute Gasteiger partial charge is 0.481 e. The molecular formula is C79H108N20O20S2. The van der Waals surface area contributed by atoms with Gasteiger partial charge in [0.2, 0.25) is 88.6 Å². The molecule has 4 aliphatic rings. The Morgan fingerprint density at radius 1 is 0.512 bits per heavy atom. The molecule has 4 saturated heterocycles. The quantitative estimate of drug-likeness (QED) is 0.0417. The van der Waals surface area contributed by atoms with Gasteiger partial charge in [0.15, 0.2) is 0 Å². The number of para-hydroxylation sites is 2. The number of amides is 15. The highest BCUT2D eigenvalue weighted by Crippen LogP contribution is 2.29. The van der Waals surface area contributed by atoms with E-state index in [1.165, 1.54) is 26.4 Å². The number of carbonyl (C=O) groups is 17. The Balaban J connectivity index is 1.14. The molecule has 0 spiro atoms. The number of benzene rings is 2. The highest BCUT2D eigenvalue weighted by molar-refractivity contribution is 8.76. The number of nitrogens with zero attached hydrogens (tertiary/aromatic N) is 3. The van der Waals surface area contributed by atoms with Gasteiger partial charge in [0, 0.05) is 102 Å². The molecule has 42 heteroatoms. The average molecular weight is 1720 g/mol. The van der Waals surface area contributed by atoms with E-state index in [0.29, 0.717) is 38.6 Å². The minimum atomic E-state index is -1.99. The van der Waals surface area contributed by atoms with E-state index in [1.54, 1.807) is 102 Å². The van der Waals surface area contributed by atoms with E-state index in [9.17, 15) is 72.9 Å². The van der Waals surface area contributed by atoms with Crippen LogP contribution in [0.1, 0.15) is 124 Å². The predicted octanol–water partition coefficient (Wildman–Crippen LogP) is -2.85. The summed E-state index contributed by atoms with van der Waals surface area (Å²) < 4.78 is 0. The number of aliphatic hydroxyl groups excluding tert-OH is 1. The first kappa shape index (κ1) is 93.2. The Morgan fingerprint density at radius 3 is 1.55 bits per heavy atom. The third kappa shape index (κ3) is 25.7. The van der Waals surface area contributed by atoms with Gasteiger partial charge in [0.05, 0.1) is 25.4 Å². The van der Waals surface area contributed by atoms with Crippen LogP contribution in [0.25, 0.3) is 21.8 Å². The molecule has 4 aliphatic heterocycles. The summed E-state index contributed by atoms with van der Waals surface area (Å²) in [6, 6.07) is -9.87. The van der Waals surface area contributed by atoms with E-state index >= 15 is 24.0 Å². The molecular weight excluding hydrogens is 1610 g/mol. The normalized spacial score (nSPS) is 27.0. The maximum Gasteiger partial charge on any atom is 0.305 e. The van der Waals surface area contributed by atoms with Crippen LogP contribution < -0.4 is 74.9 Å². The minimum Gasteiger partial charge on any atom is -0.481 e. The summed E-state index contributed by atoms with van der Waals surface area (Å²) in [4.78, 5) is 263. The minimum absolute atomic E-state index is 0.0137. The van der Waals surface area contributed by atoms with Crippen molar-refractivity contribution in [3.05, 3.63) is 90.3 Å². The molecule has 121 heavy (non-hydrogen) atoms. The molecule has 40 nitrogen and oxygen atoms in total. The summed E-state index contributed by atoms with van der Waals surface area (Å²) in [7, 11) is 1.55. The Bertz CT molecular complexity index is 4630. The fourth-order valence-corrected chi connectivity index (χ4v) is 17.1. The molecule has 0 unspecified atom stereocenters. The molecule has 0 saturated carbocycles. The third-order valence-corrected chi connectivity index (χ3v) is 23.5. The predicted molar refractivity (Wildman–Crippen MR) is 440 cm³/mol. The van der Waals surface area contributed by atoms with Crippen molar-refractivity contribution < 1.29 is 96.8 Å². The number of rotatable bonds is 17. The van der Waals surface area contributed by atoms with Gasteiger partial charge >= 0.3 is 11.9 Å². The molecule has 2 bridgehead atoms. The van der Waals surface area contributed by atoms with Crippen molar-refractivity contribution in [1.82, 2.24) is 98.9 Å².